The van der Waals surface area contributed by atoms with Crippen LogP contribution in [0.25, 0.3) is 0 Å². The molecule has 0 amide bonds. The van der Waals surface area contributed by atoms with Crippen molar-refractivity contribution < 1.29 is 0 Å². The largest absolute Gasteiger partial charge is 0.397 e. The Labute approximate surface area is 99.7 Å². The number of pyridine rings is 1. The highest BCUT2D eigenvalue weighted by Crippen LogP contribution is 2.23. The summed E-state index contributed by atoms with van der Waals surface area (Å²) in [5, 5.41) is 12.2. The van der Waals surface area contributed by atoms with Gasteiger partial charge in [-0.15, -0.1) is 0 Å². The van der Waals surface area contributed by atoms with Crippen LogP contribution in [0.2, 0.25) is 0 Å². The third-order valence-electron chi connectivity index (χ3n) is 2.42. The summed E-state index contributed by atoms with van der Waals surface area (Å²) >= 11 is 0. The average molecular weight is 224 g/mol. The molecule has 0 aliphatic rings. The number of nitrogen functional groups attached to an aromatic ring is 1. The molecule has 1 heterocycles. The summed E-state index contributed by atoms with van der Waals surface area (Å²) in [6.45, 7) is 1.90. The third-order valence-corrected chi connectivity index (χ3v) is 2.42. The first kappa shape index (κ1) is 11.0. The Morgan fingerprint density at radius 3 is 2.88 bits per heavy atom. The van der Waals surface area contributed by atoms with Gasteiger partial charge in [-0.25, -0.2) is 0 Å². The zero-order chi connectivity index (χ0) is 12.3. The monoisotopic (exact) mass is 224 g/mol. The standard InChI is InChI=1S/C13H12N4/c1-9-3-2-4-13(12(9)6-14)17-11-5-10(15)7-16-8-11/h2-5,7-8,17H,15H2,1H3. The van der Waals surface area contributed by atoms with Gasteiger partial charge in [0, 0.05) is 6.20 Å². The number of rotatable bonds is 2. The molecule has 0 spiro atoms. The lowest BCUT2D eigenvalue weighted by Crippen LogP contribution is -1.97. The smallest absolute Gasteiger partial charge is 0.102 e. The molecule has 2 aromatic rings. The molecule has 2 rings (SSSR count). The van der Waals surface area contributed by atoms with E-state index in [1.165, 1.54) is 0 Å². The first-order chi connectivity index (χ1) is 8.20. The molecule has 1 aromatic heterocycles. The highest BCUT2D eigenvalue weighted by molar-refractivity contribution is 5.69. The number of nitrogens with zero attached hydrogens (tertiary/aromatic N) is 2. The first-order valence-electron chi connectivity index (χ1n) is 5.18. The van der Waals surface area contributed by atoms with Gasteiger partial charge in [0.25, 0.3) is 0 Å². The van der Waals surface area contributed by atoms with Crippen LogP contribution in [0.4, 0.5) is 17.1 Å². The molecule has 17 heavy (non-hydrogen) atoms. The summed E-state index contributed by atoms with van der Waals surface area (Å²) in [5.41, 5.74) is 9.34. The third kappa shape index (κ3) is 2.34. The summed E-state index contributed by atoms with van der Waals surface area (Å²) in [6, 6.07) is 9.62. The number of aryl methyl sites for hydroxylation is 1. The summed E-state index contributed by atoms with van der Waals surface area (Å²) in [7, 11) is 0. The fraction of sp³-hybridized carbons (Fsp3) is 0.0769. The molecule has 0 aliphatic heterocycles. The molecule has 0 atom stereocenters. The van der Waals surface area contributed by atoms with Crippen molar-refractivity contribution in [1.82, 2.24) is 4.98 Å². The Hall–Kier alpha value is -2.54. The molecule has 0 bridgehead atoms. The van der Waals surface area contributed by atoms with Crippen molar-refractivity contribution in [3.8, 4) is 6.07 Å². The van der Waals surface area contributed by atoms with Gasteiger partial charge < -0.3 is 11.1 Å². The lowest BCUT2D eigenvalue weighted by molar-refractivity contribution is 1.32. The minimum absolute atomic E-state index is 0.584. The normalized spacial score (nSPS) is 9.65. The average Bonchev–Trinajstić information content (AvgIpc) is 2.29. The molecule has 0 aliphatic carbocycles. The molecule has 0 fully saturated rings. The highest BCUT2D eigenvalue weighted by Gasteiger charge is 2.05. The van der Waals surface area contributed by atoms with Crippen molar-refractivity contribution in [3.05, 3.63) is 47.8 Å². The van der Waals surface area contributed by atoms with Crippen LogP contribution in [0.5, 0.6) is 0 Å². The summed E-state index contributed by atoms with van der Waals surface area (Å²) < 4.78 is 0. The molecular weight excluding hydrogens is 212 g/mol. The fourth-order valence-corrected chi connectivity index (χ4v) is 1.60. The van der Waals surface area contributed by atoms with Gasteiger partial charge in [-0.05, 0) is 24.6 Å². The quantitative estimate of drug-likeness (QED) is 0.822. The van der Waals surface area contributed by atoms with E-state index in [0.29, 0.717) is 11.3 Å². The predicted octanol–water partition coefficient (Wildman–Crippen LogP) is 2.59. The van der Waals surface area contributed by atoms with Crippen LogP contribution in [0.1, 0.15) is 11.1 Å². The topological polar surface area (TPSA) is 74.7 Å². The lowest BCUT2D eigenvalue weighted by atomic mass is 10.1. The molecule has 84 valence electrons. The van der Waals surface area contributed by atoms with E-state index < -0.39 is 0 Å². The summed E-state index contributed by atoms with van der Waals surface area (Å²) in [4.78, 5) is 3.99. The molecule has 0 saturated carbocycles. The van der Waals surface area contributed by atoms with E-state index in [1.54, 1.807) is 18.5 Å². The van der Waals surface area contributed by atoms with Gasteiger partial charge in [-0.2, -0.15) is 5.26 Å². The maximum Gasteiger partial charge on any atom is 0.102 e. The molecule has 3 N–H and O–H groups in total. The Morgan fingerprint density at radius 1 is 1.35 bits per heavy atom. The van der Waals surface area contributed by atoms with Gasteiger partial charge in [0.15, 0.2) is 0 Å². The first-order valence-corrected chi connectivity index (χ1v) is 5.18. The van der Waals surface area contributed by atoms with E-state index in [9.17, 15) is 0 Å². The minimum atomic E-state index is 0.584. The number of hydrogen-bond donors (Lipinski definition) is 2. The molecule has 1 aromatic carbocycles. The van der Waals surface area contributed by atoms with Gasteiger partial charge in [-0.1, -0.05) is 12.1 Å². The maximum absolute atomic E-state index is 9.10. The van der Waals surface area contributed by atoms with Gasteiger partial charge >= 0.3 is 0 Å². The molecule has 4 nitrogen and oxygen atoms in total. The molecule has 0 radical (unpaired) electrons. The highest BCUT2D eigenvalue weighted by atomic mass is 14.9. The molecule has 4 heteroatoms. The number of nitrogens with two attached hydrogens (primary N) is 1. The number of anilines is 3. The number of hydrogen-bond acceptors (Lipinski definition) is 4. The van der Waals surface area contributed by atoms with E-state index >= 15 is 0 Å². The van der Waals surface area contributed by atoms with Gasteiger partial charge in [0.2, 0.25) is 0 Å². The van der Waals surface area contributed by atoms with Crippen LogP contribution in [-0.4, -0.2) is 4.98 Å². The Bertz CT molecular complexity index is 584. The van der Waals surface area contributed by atoms with Crippen molar-refractivity contribution in [2.75, 3.05) is 11.1 Å². The second-order valence-corrected chi connectivity index (χ2v) is 3.74. The van der Waals surface area contributed by atoms with Crippen molar-refractivity contribution in [3.63, 3.8) is 0 Å². The van der Waals surface area contributed by atoms with Crippen LogP contribution in [-0.2, 0) is 0 Å². The van der Waals surface area contributed by atoms with Gasteiger partial charge in [-0.3, -0.25) is 4.98 Å². The zero-order valence-electron chi connectivity index (χ0n) is 9.44. The summed E-state index contributed by atoms with van der Waals surface area (Å²) in [6.07, 6.45) is 3.24. The van der Waals surface area contributed by atoms with Crippen molar-refractivity contribution in [2.24, 2.45) is 0 Å². The molecule has 0 unspecified atom stereocenters. The van der Waals surface area contributed by atoms with Crippen LogP contribution >= 0.6 is 0 Å². The SMILES string of the molecule is Cc1cccc(Nc2cncc(N)c2)c1C#N. The van der Waals surface area contributed by atoms with Crippen LogP contribution in [0, 0.1) is 18.3 Å². The van der Waals surface area contributed by atoms with E-state index in [1.807, 2.05) is 25.1 Å². The van der Waals surface area contributed by atoms with E-state index in [4.69, 9.17) is 11.0 Å². The van der Waals surface area contributed by atoms with Crippen molar-refractivity contribution >= 4 is 17.1 Å². The van der Waals surface area contributed by atoms with Crippen molar-refractivity contribution in [1.29, 1.82) is 5.26 Å². The second-order valence-electron chi connectivity index (χ2n) is 3.74. The zero-order valence-corrected chi connectivity index (χ0v) is 9.44. The van der Waals surface area contributed by atoms with Crippen LogP contribution < -0.4 is 11.1 Å². The number of nitrogens with one attached hydrogen (secondary N) is 1. The second kappa shape index (κ2) is 4.54. The number of nitriles is 1. The predicted molar refractivity (Wildman–Crippen MR) is 67.8 cm³/mol. The van der Waals surface area contributed by atoms with Crippen LogP contribution in [0.15, 0.2) is 36.7 Å². The Morgan fingerprint density at radius 2 is 2.18 bits per heavy atom. The van der Waals surface area contributed by atoms with Gasteiger partial charge in [0.05, 0.1) is 28.8 Å². The van der Waals surface area contributed by atoms with E-state index in [2.05, 4.69) is 16.4 Å². The number of aromatic nitrogens is 1. The van der Waals surface area contributed by atoms with Crippen molar-refractivity contribution in [2.45, 2.75) is 6.92 Å². The Kier molecular flexibility index (Phi) is 2.93. The lowest BCUT2D eigenvalue weighted by Gasteiger charge is -2.09. The minimum Gasteiger partial charge on any atom is -0.397 e. The van der Waals surface area contributed by atoms with E-state index in [-0.39, 0.29) is 0 Å². The van der Waals surface area contributed by atoms with E-state index in [0.717, 1.165) is 16.9 Å². The molecule has 0 saturated heterocycles. The number of benzene rings is 1. The van der Waals surface area contributed by atoms with Gasteiger partial charge in [0.1, 0.15) is 6.07 Å². The Balaban J connectivity index is 2.37. The molecular formula is C13H12N4. The fourth-order valence-electron chi connectivity index (χ4n) is 1.60. The summed E-state index contributed by atoms with van der Waals surface area (Å²) in [5.74, 6) is 0. The maximum atomic E-state index is 9.10. The van der Waals surface area contributed by atoms with Crippen LogP contribution in [0.3, 0.4) is 0 Å².